The SMILES string of the molecule is CC1(C)OC[C@@H](C[C@H]2O[C@@H](CC(O)c3ccco3)C[C@H]2OCc2ccccc2)O1. The van der Waals surface area contributed by atoms with Gasteiger partial charge >= 0.3 is 0 Å². The van der Waals surface area contributed by atoms with Gasteiger partial charge in [-0.15, -0.1) is 0 Å². The number of hydrogen-bond donors (Lipinski definition) is 1. The second-order valence-electron chi connectivity index (χ2n) is 8.32. The summed E-state index contributed by atoms with van der Waals surface area (Å²) in [7, 11) is 0. The van der Waals surface area contributed by atoms with E-state index in [0.717, 1.165) is 12.0 Å². The molecule has 5 atom stereocenters. The van der Waals surface area contributed by atoms with Crippen molar-refractivity contribution in [3.63, 3.8) is 0 Å². The van der Waals surface area contributed by atoms with Crippen LogP contribution in [0.15, 0.2) is 53.1 Å². The van der Waals surface area contributed by atoms with Crippen molar-refractivity contribution in [2.24, 2.45) is 0 Å². The Morgan fingerprint density at radius 1 is 1.14 bits per heavy atom. The highest BCUT2D eigenvalue weighted by molar-refractivity contribution is 5.13. The van der Waals surface area contributed by atoms with E-state index in [2.05, 4.69) is 12.1 Å². The smallest absolute Gasteiger partial charge is 0.163 e. The van der Waals surface area contributed by atoms with Gasteiger partial charge < -0.3 is 28.5 Å². The predicted molar refractivity (Wildman–Crippen MR) is 106 cm³/mol. The molecule has 0 aliphatic carbocycles. The molecule has 0 amide bonds. The zero-order valence-corrected chi connectivity index (χ0v) is 17.0. The van der Waals surface area contributed by atoms with Crippen LogP contribution in [-0.4, -0.2) is 41.9 Å². The molecule has 29 heavy (non-hydrogen) atoms. The highest BCUT2D eigenvalue weighted by atomic mass is 16.7. The Kier molecular flexibility index (Phi) is 6.37. The number of benzene rings is 1. The summed E-state index contributed by atoms with van der Waals surface area (Å²) in [5, 5.41) is 10.4. The van der Waals surface area contributed by atoms with E-state index in [1.807, 2.05) is 32.0 Å². The van der Waals surface area contributed by atoms with Crippen molar-refractivity contribution in [1.29, 1.82) is 0 Å². The Bertz CT molecular complexity index is 744. The fraction of sp³-hybridized carbons (Fsp3) is 0.565. The predicted octanol–water partition coefficient (Wildman–Crippen LogP) is 3.99. The van der Waals surface area contributed by atoms with Gasteiger partial charge in [0.25, 0.3) is 0 Å². The third-order valence-electron chi connectivity index (χ3n) is 5.50. The molecule has 0 bridgehead atoms. The normalized spacial score (nSPS) is 29.9. The van der Waals surface area contributed by atoms with Crippen LogP contribution in [0, 0.1) is 0 Å². The minimum Gasteiger partial charge on any atom is -0.467 e. The topological polar surface area (TPSA) is 70.3 Å². The maximum atomic E-state index is 10.4. The van der Waals surface area contributed by atoms with Crippen LogP contribution in [0.25, 0.3) is 0 Å². The maximum absolute atomic E-state index is 10.4. The molecule has 2 aliphatic heterocycles. The fourth-order valence-electron chi connectivity index (χ4n) is 4.10. The zero-order valence-electron chi connectivity index (χ0n) is 17.0. The lowest BCUT2D eigenvalue weighted by Crippen LogP contribution is -2.30. The largest absolute Gasteiger partial charge is 0.467 e. The number of rotatable bonds is 8. The van der Waals surface area contributed by atoms with Crippen LogP contribution in [0.1, 0.15) is 50.5 Å². The fourth-order valence-corrected chi connectivity index (χ4v) is 4.10. The molecule has 0 spiro atoms. The summed E-state index contributed by atoms with van der Waals surface area (Å²) in [4.78, 5) is 0. The summed E-state index contributed by atoms with van der Waals surface area (Å²) in [5.74, 6) is 0.00604. The molecule has 2 aliphatic rings. The van der Waals surface area contributed by atoms with Gasteiger partial charge in [0.05, 0.1) is 43.9 Å². The third kappa shape index (κ3) is 5.47. The third-order valence-corrected chi connectivity index (χ3v) is 5.50. The van der Waals surface area contributed by atoms with Crippen molar-refractivity contribution in [3.05, 3.63) is 60.1 Å². The van der Waals surface area contributed by atoms with E-state index in [0.29, 0.717) is 31.8 Å². The first kappa shape index (κ1) is 20.6. The lowest BCUT2D eigenvalue weighted by Gasteiger charge is -2.23. The minimum absolute atomic E-state index is 0.0217. The number of hydrogen-bond acceptors (Lipinski definition) is 6. The van der Waals surface area contributed by atoms with Crippen LogP contribution in [0.4, 0.5) is 0 Å². The Morgan fingerprint density at radius 3 is 2.66 bits per heavy atom. The molecule has 1 aromatic heterocycles. The molecule has 2 aromatic rings. The zero-order chi connectivity index (χ0) is 20.3. The van der Waals surface area contributed by atoms with Gasteiger partial charge in [0.2, 0.25) is 0 Å². The van der Waals surface area contributed by atoms with Gasteiger partial charge in [0.1, 0.15) is 11.9 Å². The Labute approximate surface area is 171 Å². The van der Waals surface area contributed by atoms with Gasteiger partial charge in [-0.2, -0.15) is 0 Å². The molecule has 1 aromatic carbocycles. The van der Waals surface area contributed by atoms with Crippen LogP contribution < -0.4 is 0 Å². The summed E-state index contributed by atoms with van der Waals surface area (Å²) in [6.07, 6.45) is 2.51. The Morgan fingerprint density at radius 2 is 1.97 bits per heavy atom. The Hall–Kier alpha value is -1.70. The van der Waals surface area contributed by atoms with Crippen molar-refractivity contribution in [2.45, 2.75) is 76.0 Å². The summed E-state index contributed by atoms with van der Waals surface area (Å²) in [6.45, 7) is 4.94. The van der Waals surface area contributed by atoms with E-state index >= 15 is 0 Å². The molecule has 4 rings (SSSR count). The van der Waals surface area contributed by atoms with Crippen molar-refractivity contribution in [2.75, 3.05) is 6.61 Å². The quantitative estimate of drug-likeness (QED) is 0.720. The summed E-state index contributed by atoms with van der Waals surface area (Å²) in [6, 6.07) is 13.7. The molecular formula is C23H30O6. The van der Waals surface area contributed by atoms with Gasteiger partial charge in [-0.1, -0.05) is 30.3 Å². The number of ether oxygens (including phenoxy) is 4. The second-order valence-corrected chi connectivity index (χ2v) is 8.32. The molecule has 0 saturated carbocycles. The summed E-state index contributed by atoms with van der Waals surface area (Å²) in [5.41, 5.74) is 1.13. The average molecular weight is 402 g/mol. The van der Waals surface area contributed by atoms with Gasteiger partial charge in [-0.25, -0.2) is 0 Å². The van der Waals surface area contributed by atoms with Crippen molar-refractivity contribution in [1.82, 2.24) is 0 Å². The number of furan rings is 1. The van der Waals surface area contributed by atoms with Crippen LogP contribution in [0.5, 0.6) is 0 Å². The van der Waals surface area contributed by atoms with Crippen molar-refractivity contribution >= 4 is 0 Å². The molecule has 6 nitrogen and oxygen atoms in total. The molecule has 2 saturated heterocycles. The van der Waals surface area contributed by atoms with Crippen molar-refractivity contribution in [3.8, 4) is 0 Å². The molecular weight excluding hydrogens is 372 g/mol. The molecule has 158 valence electrons. The minimum atomic E-state index is -0.687. The number of aliphatic hydroxyl groups excluding tert-OH is 1. The first-order valence-electron chi connectivity index (χ1n) is 10.3. The van der Waals surface area contributed by atoms with Crippen LogP contribution in [-0.2, 0) is 25.6 Å². The maximum Gasteiger partial charge on any atom is 0.163 e. The molecule has 3 heterocycles. The van der Waals surface area contributed by atoms with E-state index in [-0.39, 0.29) is 24.4 Å². The van der Waals surface area contributed by atoms with Gasteiger partial charge in [-0.05, 0) is 31.5 Å². The first-order valence-corrected chi connectivity index (χ1v) is 10.3. The van der Waals surface area contributed by atoms with Crippen LogP contribution >= 0.6 is 0 Å². The molecule has 1 unspecified atom stereocenters. The standard InChI is InChI=1S/C23H30O6/c1-23(2)27-15-18(29-23)13-22-21(26-14-16-7-4-3-5-8-16)12-17(28-22)11-19(24)20-9-6-10-25-20/h3-10,17-19,21-22,24H,11-15H2,1-2H3/t17-,18+,19?,21+,22+/m0/s1. The van der Waals surface area contributed by atoms with Crippen molar-refractivity contribution < 1.29 is 28.5 Å². The van der Waals surface area contributed by atoms with E-state index in [1.54, 1.807) is 18.4 Å². The van der Waals surface area contributed by atoms with E-state index < -0.39 is 11.9 Å². The first-order chi connectivity index (χ1) is 14.0. The Balaban J connectivity index is 1.38. The molecule has 1 N–H and O–H groups in total. The molecule has 2 fully saturated rings. The van der Waals surface area contributed by atoms with Gasteiger partial charge in [0.15, 0.2) is 5.79 Å². The van der Waals surface area contributed by atoms with E-state index in [1.165, 1.54) is 0 Å². The average Bonchev–Trinajstić information content (AvgIpc) is 3.42. The van der Waals surface area contributed by atoms with Gasteiger partial charge in [0, 0.05) is 19.3 Å². The van der Waals surface area contributed by atoms with Crippen LogP contribution in [0.2, 0.25) is 0 Å². The highest BCUT2D eigenvalue weighted by Gasteiger charge is 2.41. The summed E-state index contributed by atoms with van der Waals surface area (Å²) >= 11 is 0. The van der Waals surface area contributed by atoms with Gasteiger partial charge in [-0.3, -0.25) is 0 Å². The van der Waals surface area contributed by atoms with E-state index in [4.69, 9.17) is 23.4 Å². The lowest BCUT2D eigenvalue weighted by atomic mass is 10.0. The second kappa shape index (κ2) is 8.98. The summed E-state index contributed by atoms with van der Waals surface area (Å²) < 4.78 is 29.5. The molecule has 0 radical (unpaired) electrons. The molecule has 6 heteroatoms. The van der Waals surface area contributed by atoms with Crippen LogP contribution in [0.3, 0.4) is 0 Å². The number of aliphatic hydroxyl groups is 1. The monoisotopic (exact) mass is 402 g/mol. The van der Waals surface area contributed by atoms with E-state index in [9.17, 15) is 5.11 Å². The lowest BCUT2D eigenvalue weighted by molar-refractivity contribution is -0.145. The highest BCUT2D eigenvalue weighted by Crippen LogP contribution is 2.35.